The van der Waals surface area contributed by atoms with Crippen LogP contribution in [0.3, 0.4) is 0 Å². The van der Waals surface area contributed by atoms with Crippen LogP contribution in [0.2, 0.25) is 0 Å². The zero-order valence-electron chi connectivity index (χ0n) is 12.7. The SMILES string of the molecule is Cl.NC1CCC(NC(=O)CN2CCCCCCC2=O)CC1. The number of hydrogen-bond donors (Lipinski definition) is 2. The molecule has 0 aromatic heterocycles. The van der Waals surface area contributed by atoms with Crippen LogP contribution >= 0.6 is 12.4 Å². The Morgan fingerprint density at radius 3 is 2.52 bits per heavy atom. The van der Waals surface area contributed by atoms with E-state index in [4.69, 9.17) is 5.73 Å². The van der Waals surface area contributed by atoms with Gasteiger partial charge in [0.05, 0.1) is 6.54 Å². The first kappa shape index (κ1) is 18.2. The Kier molecular flexibility index (Phi) is 8.04. The maximum atomic E-state index is 12.1. The molecule has 6 heteroatoms. The molecule has 2 rings (SSSR count). The Bertz CT molecular complexity index is 344. The maximum Gasteiger partial charge on any atom is 0.239 e. The van der Waals surface area contributed by atoms with Crippen molar-refractivity contribution in [1.29, 1.82) is 0 Å². The van der Waals surface area contributed by atoms with Gasteiger partial charge in [-0.25, -0.2) is 0 Å². The van der Waals surface area contributed by atoms with Gasteiger partial charge in [-0.1, -0.05) is 12.8 Å². The van der Waals surface area contributed by atoms with Gasteiger partial charge in [0.1, 0.15) is 0 Å². The van der Waals surface area contributed by atoms with Crippen molar-refractivity contribution in [1.82, 2.24) is 10.2 Å². The summed E-state index contributed by atoms with van der Waals surface area (Å²) >= 11 is 0. The van der Waals surface area contributed by atoms with E-state index >= 15 is 0 Å². The molecule has 2 amide bonds. The topological polar surface area (TPSA) is 75.4 Å². The van der Waals surface area contributed by atoms with Crippen LogP contribution in [0.5, 0.6) is 0 Å². The zero-order chi connectivity index (χ0) is 14.4. The number of carbonyl (C=O) groups is 2. The summed E-state index contributed by atoms with van der Waals surface area (Å²) in [5.74, 6) is 0.116. The quantitative estimate of drug-likeness (QED) is 0.830. The first-order chi connectivity index (χ1) is 9.65. The average molecular weight is 318 g/mol. The zero-order valence-corrected chi connectivity index (χ0v) is 13.5. The van der Waals surface area contributed by atoms with Gasteiger partial charge in [-0.15, -0.1) is 12.4 Å². The largest absolute Gasteiger partial charge is 0.352 e. The summed E-state index contributed by atoms with van der Waals surface area (Å²) in [5, 5.41) is 3.05. The Labute approximate surface area is 133 Å². The third kappa shape index (κ3) is 6.22. The molecular formula is C15H28ClN3O2. The minimum absolute atomic E-state index is 0. The summed E-state index contributed by atoms with van der Waals surface area (Å²) in [4.78, 5) is 25.8. The molecule has 1 aliphatic heterocycles. The summed E-state index contributed by atoms with van der Waals surface area (Å²) in [6.45, 7) is 0.948. The number of hydrogen-bond acceptors (Lipinski definition) is 3. The van der Waals surface area contributed by atoms with Crippen molar-refractivity contribution < 1.29 is 9.59 Å². The molecule has 0 radical (unpaired) electrons. The van der Waals surface area contributed by atoms with Gasteiger partial charge in [-0.2, -0.15) is 0 Å². The van der Waals surface area contributed by atoms with Gasteiger partial charge in [0.15, 0.2) is 0 Å². The van der Waals surface area contributed by atoms with E-state index in [0.717, 1.165) is 57.9 Å². The molecule has 1 heterocycles. The van der Waals surface area contributed by atoms with Crippen LogP contribution in [-0.4, -0.2) is 41.9 Å². The molecule has 1 saturated carbocycles. The number of amides is 2. The van der Waals surface area contributed by atoms with E-state index in [1.54, 1.807) is 4.90 Å². The van der Waals surface area contributed by atoms with E-state index in [1.165, 1.54) is 0 Å². The fraction of sp³-hybridized carbons (Fsp3) is 0.867. The van der Waals surface area contributed by atoms with Crippen molar-refractivity contribution >= 4 is 24.2 Å². The number of nitrogens with one attached hydrogen (secondary N) is 1. The van der Waals surface area contributed by atoms with E-state index < -0.39 is 0 Å². The standard InChI is InChI=1S/C15H27N3O2.ClH/c16-12-6-8-13(9-7-12)17-14(19)11-18-10-4-2-1-3-5-15(18)20;/h12-13H,1-11,16H2,(H,17,19);1H. The Morgan fingerprint density at radius 1 is 1.14 bits per heavy atom. The third-order valence-corrected chi connectivity index (χ3v) is 4.39. The first-order valence-corrected chi connectivity index (χ1v) is 7.98. The second-order valence-electron chi connectivity index (χ2n) is 6.16. The Balaban J connectivity index is 0.00000220. The van der Waals surface area contributed by atoms with Crippen molar-refractivity contribution in [3.63, 3.8) is 0 Å². The van der Waals surface area contributed by atoms with Crippen molar-refractivity contribution in [3.05, 3.63) is 0 Å². The predicted molar refractivity (Wildman–Crippen MR) is 85.3 cm³/mol. The average Bonchev–Trinajstić information content (AvgIpc) is 2.41. The van der Waals surface area contributed by atoms with Gasteiger partial charge in [0.2, 0.25) is 11.8 Å². The number of rotatable bonds is 3. The first-order valence-electron chi connectivity index (χ1n) is 7.98. The monoisotopic (exact) mass is 317 g/mol. The van der Waals surface area contributed by atoms with Crippen LogP contribution in [0, 0.1) is 0 Å². The van der Waals surface area contributed by atoms with Crippen molar-refractivity contribution in [3.8, 4) is 0 Å². The fourth-order valence-corrected chi connectivity index (χ4v) is 3.09. The number of likely N-dealkylation sites (tertiary alicyclic amines) is 1. The van der Waals surface area contributed by atoms with E-state index in [0.29, 0.717) is 12.5 Å². The van der Waals surface area contributed by atoms with Crippen molar-refractivity contribution in [2.75, 3.05) is 13.1 Å². The highest BCUT2D eigenvalue weighted by Crippen LogP contribution is 2.17. The minimum atomic E-state index is -0.0144. The molecule has 0 aromatic carbocycles. The minimum Gasteiger partial charge on any atom is -0.352 e. The van der Waals surface area contributed by atoms with Gasteiger partial charge < -0.3 is 16.0 Å². The normalized spacial score (nSPS) is 27.3. The third-order valence-electron chi connectivity index (χ3n) is 4.39. The van der Waals surface area contributed by atoms with Crippen LogP contribution in [0.4, 0.5) is 0 Å². The van der Waals surface area contributed by atoms with Crippen LogP contribution in [0.1, 0.15) is 57.8 Å². The smallest absolute Gasteiger partial charge is 0.239 e. The number of nitrogens with two attached hydrogens (primary N) is 1. The molecular weight excluding hydrogens is 290 g/mol. The second kappa shape index (κ2) is 9.26. The molecule has 1 saturated heterocycles. The van der Waals surface area contributed by atoms with Gasteiger partial charge in [-0.05, 0) is 38.5 Å². The summed E-state index contributed by atoms with van der Waals surface area (Å²) in [5.41, 5.74) is 5.86. The lowest BCUT2D eigenvalue weighted by Gasteiger charge is -2.29. The highest BCUT2D eigenvalue weighted by atomic mass is 35.5. The summed E-state index contributed by atoms with van der Waals surface area (Å²) in [7, 11) is 0. The van der Waals surface area contributed by atoms with E-state index in [1.807, 2.05) is 0 Å². The van der Waals surface area contributed by atoms with E-state index in [9.17, 15) is 9.59 Å². The summed E-state index contributed by atoms with van der Waals surface area (Å²) < 4.78 is 0. The van der Waals surface area contributed by atoms with Gasteiger partial charge in [-0.3, -0.25) is 9.59 Å². The molecule has 0 aromatic rings. The Morgan fingerprint density at radius 2 is 1.81 bits per heavy atom. The van der Waals surface area contributed by atoms with E-state index in [-0.39, 0.29) is 36.8 Å². The van der Waals surface area contributed by atoms with Crippen LogP contribution in [-0.2, 0) is 9.59 Å². The molecule has 2 fully saturated rings. The molecule has 3 N–H and O–H groups in total. The van der Waals surface area contributed by atoms with Crippen LogP contribution in [0.25, 0.3) is 0 Å². The highest BCUT2D eigenvalue weighted by molar-refractivity contribution is 5.85. The Hall–Kier alpha value is -0.810. The number of nitrogens with zero attached hydrogens (tertiary/aromatic N) is 1. The predicted octanol–water partition coefficient (Wildman–Crippen LogP) is 1.59. The van der Waals surface area contributed by atoms with E-state index in [2.05, 4.69) is 5.32 Å². The number of carbonyl (C=O) groups excluding carboxylic acids is 2. The lowest BCUT2D eigenvalue weighted by molar-refractivity contribution is -0.136. The van der Waals surface area contributed by atoms with Crippen LogP contribution in [0.15, 0.2) is 0 Å². The summed E-state index contributed by atoms with van der Waals surface area (Å²) in [6.07, 6.45) is 8.73. The molecule has 1 aliphatic carbocycles. The maximum absolute atomic E-state index is 12.1. The van der Waals surface area contributed by atoms with Gasteiger partial charge in [0, 0.05) is 25.0 Å². The second-order valence-corrected chi connectivity index (χ2v) is 6.16. The molecule has 0 spiro atoms. The fourth-order valence-electron chi connectivity index (χ4n) is 3.09. The molecule has 0 bridgehead atoms. The summed E-state index contributed by atoms with van der Waals surface area (Å²) in [6, 6.07) is 0.534. The number of halogens is 1. The van der Waals surface area contributed by atoms with Crippen molar-refractivity contribution in [2.45, 2.75) is 69.9 Å². The van der Waals surface area contributed by atoms with Crippen molar-refractivity contribution in [2.24, 2.45) is 5.73 Å². The molecule has 2 aliphatic rings. The molecule has 5 nitrogen and oxygen atoms in total. The van der Waals surface area contributed by atoms with Gasteiger partial charge >= 0.3 is 0 Å². The molecule has 0 atom stereocenters. The lowest BCUT2D eigenvalue weighted by atomic mass is 9.92. The highest BCUT2D eigenvalue weighted by Gasteiger charge is 2.22. The van der Waals surface area contributed by atoms with Gasteiger partial charge in [0.25, 0.3) is 0 Å². The molecule has 0 unspecified atom stereocenters. The molecule has 21 heavy (non-hydrogen) atoms. The lowest BCUT2D eigenvalue weighted by Crippen LogP contribution is -2.46. The molecule has 122 valence electrons. The van der Waals surface area contributed by atoms with Crippen LogP contribution < -0.4 is 11.1 Å².